The van der Waals surface area contributed by atoms with Crippen molar-refractivity contribution in [2.24, 2.45) is 5.73 Å². The van der Waals surface area contributed by atoms with Gasteiger partial charge >= 0.3 is 0 Å². The summed E-state index contributed by atoms with van der Waals surface area (Å²) >= 11 is 4.94. The van der Waals surface area contributed by atoms with Crippen LogP contribution in [0.2, 0.25) is 0 Å². The Hall–Kier alpha value is -1.24. The molecule has 2 rings (SSSR count). The van der Waals surface area contributed by atoms with E-state index in [-0.39, 0.29) is 23.5 Å². The van der Waals surface area contributed by atoms with E-state index in [9.17, 15) is 4.39 Å². The summed E-state index contributed by atoms with van der Waals surface area (Å²) in [7, 11) is 0. The molecule has 0 saturated carbocycles. The number of hydrogen-bond donors (Lipinski definition) is 2. The van der Waals surface area contributed by atoms with Crippen molar-refractivity contribution in [1.29, 1.82) is 0 Å². The second-order valence-electron chi connectivity index (χ2n) is 4.15. The number of hydrogen-bond acceptors (Lipinski definition) is 4. The van der Waals surface area contributed by atoms with Crippen LogP contribution in [0, 0.1) is 5.82 Å². The number of aliphatic hydroxyl groups is 1. The first-order chi connectivity index (χ1) is 8.61. The number of anilines is 1. The van der Waals surface area contributed by atoms with E-state index in [1.165, 1.54) is 12.1 Å². The van der Waals surface area contributed by atoms with Crippen LogP contribution >= 0.6 is 12.2 Å². The van der Waals surface area contributed by atoms with Crippen LogP contribution in [0.3, 0.4) is 0 Å². The molecule has 1 saturated heterocycles. The first-order valence-electron chi connectivity index (χ1n) is 5.68. The molecule has 1 fully saturated rings. The molecular formula is C12H15FN2O2S. The summed E-state index contributed by atoms with van der Waals surface area (Å²) in [6.45, 7) is 1.68. The number of aliphatic hydroxyl groups excluding tert-OH is 1. The third-order valence-corrected chi connectivity index (χ3v) is 3.13. The number of nitrogens with two attached hydrogens (primary N) is 1. The van der Waals surface area contributed by atoms with Crippen LogP contribution < -0.4 is 10.6 Å². The number of rotatable bonds is 3. The summed E-state index contributed by atoms with van der Waals surface area (Å²) in [5.41, 5.74) is 6.91. The maximum atomic E-state index is 13.2. The quantitative estimate of drug-likeness (QED) is 0.790. The van der Waals surface area contributed by atoms with Gasteiger partial charge < -0.3 is 20.5 Å². The van der Waals surface area contributed by atoms with Gasteiger partial charge in [-0.05, 0) is 18.2 Å². The van der Waals surface area contributed by atoms with Gasteiger partial charge in [0.2, 0.25) is 0 Å². The van der Waals surface area contributed by atoms with Crippen LogP contribution in [0.1, 0.15) is 5.56 Å². The van der Waals surface area contributed by atoms with E-state index >= 15 is 0 Å². The summed E-state index contributed by atoms with van der Waals surface area (Å²) < 4.78 is 18.6. The zero-order valence-electron chi connectivity index (χ0n) is 9.80. The Kier molecular flexibility index (Phi) is 4.11. The van der Waals surface area contributed by atoms with E-state index < -0.39 is 0 Å². The number of morpholine rings is 1. The van der Waals surface area contributed by atoms with Gasteiger partial charge in [-0.2, -0.15) is 0 Å². The van der Waals surface area contributed by atoms with Crippen molar-refractivity contribution in [3.63, 3.8) is 0 Å². The van der Waals surface area contributed by atoms with Crippen LogP contribution in [-0.2, 0) is 4.74 Å². The van der Waals surface area contributed by atoms with Gasteiger partial charge in [0, 0.05) is 24.3 Å². The van der Waals surface area contributed by atoms with Gasteiger partial charge in [-0.1, -0.05) is 12.2 Å². The first-order valence-corrected chi connectivity index (χ1v) is 6.09. The fraction of sp³-hybridized carbons (Fsp3) is 0.417. The van der Waals surface area contributed by atoms with Crippen LogP contribution in [0.15, 0.2) is 18.2 Å². The molecule has 1 heterocycles. The van der Waals surface area contributed by atoms with Crippen molar-refractivity contribution in [1.82, 2.24) is 0 Å². The van der Waals surface area contributed by atoms with Gasteiger partial charge in [0.05, 0.1) is 19.3 Å². The number of benzene rings is 1. The van der Waals surface area contributed by atoms with E-state index in [1.54, 1.807) is 6.07 Å². The molecule has 0 spiro atoms. The molecule has 1 aliphatic rings. The molecule has 1 aromatic rings. The van der Waals surface area contributed by atoms with Gasteiger partial charge in [0.25, 0.3) is 0 Å². The van der Waals surface area contributed by atoms with Gasteiger partial charge in [-0.15, -0.1) is 0 Å². The fourth-order valence-corrected chi connectivity index (χ4v) is 2.19. The molecular weight excluding hydrogens is 255 g/mol. The highest BCUT2D eigenvalue weighted by Crippen LogP contribution is 2.23. The summed E-state index contributed by atoms with van der Waals surface area (Å²) in [5.74, 6) is -0.367. The predicted molar refractivity (Wildman–Crippen MR) is 71.3 cm³/mol. The van der Waals surface area contributed by atoms with E-state index in [2.05, 4.69) is 0 Å². The highest BCUT2D eigenvalue weighted by molar-refractivity contribution is 7.80. The number of nitrogens with zero attached hydrogens (tertiary/aromatic N) is 1. The molecule has 3 N–H and O–H groups in total. The number of halogens is 1. The molecule has 0 radical (unpaired) electrons. The summed E-state index contributed by atoms with van der Waals surface area (Å²) in [4.78, 5) is 2.16. The predicted octanol–water partition coefficient (Wildman–Crippen LogP) is 0.657. The molecule has 1 aliphatic heterocycles. The average Bonchev–Trinajstić information content (AvgIpc) is 2.38. The zero-order valence-corrected chi connectivity index (χ0v) is 10.6. The Labute approximate surface area is 110 Å². The smallest absolute Gasteiger partial charge is 0.124 e. The lowest BCUT2D eigenvalue weighted by Gasteiger charge is -2.34. The second-order valence-corrected chi connectivity index (χ2v) is 4.59. The van der Waals surface area contributed by atoms with Crippen LogP contribution in [0.4, 0.5) is 10.1 Å². The molecule has 1 unspecified atom stereocenters. The van der Waals surface area contributed by atoms with Gasteiger partial charge in [0.1, 0.15) is 10.8 Å². The molecule has 98 valence electrons. The minimum Gasteiger partial charge on any atom is -0.394 e. The third-order valence-electron chi connectivity index (χ3n) is 2.91. The van der Waals surface area contributed by atoms with E-state index in [4.69, 9.17) is 27.8 Å². The Bertz CT molecular complexity index is 456. The third kappa shape index (κ3) is 2.77. The van der Waals surface area contributed by atoms with Gasteiger partial charge in [0.15, 0.2) is 0 Å². The first kappa shape index (κ1) is 13.2. The van der Waals surface area contributed by atoms with Crippen molar-refractivity contribution >= 4 is 22.9 Å². The molecule has 6 heteroatoms. The molecule has 4 nitrogen and oxygen atoms in total. The minimum absolute atomic E-state index is 0.0416. The lowest BCUT2D eigenvalue weighted by molar-refractivity contribution is 0.00356. The standard InChI is InChI=1S/C12H15FN2O2S/c13-8-1-2-11(10(5-8)12(14)18)15-3-4-17-9(6-15)7-16/h1-2,5,9,16H,3-4,6-7H2,(H2,14,18). The van der Waals surface area contributed by atoms with E-state index in [0.29, 0.717) is 25.3 Å². The highest BCUT2D eigenvalue weighted by Gasteiger charge is 2.22. The van der Waals surface area contributed by atoms with Crippen LogP contribution in [0.5, 0.6) is 0 Å². The van der Waals surface area contributed by atoms with Crippen molar-refractivity contribution in [2.45, 2.75) is 6.10 Å². The van der Waals surface area contributed by atoms with Gasteiger partial charge in [-0.25, -0.2) is 4.39 Å². The average molecular weight is 270 g/mol. The molecule has 1 aromatic carbocycles. The Balaban J connectivity index is 2.29. The van der Waals surface area contributed by atoms with Crippen molar-refractivity contribution in [3.05, 3.63) is 29.6 Å². The second kappa shape index (κ2) is 5.60. The monoisotopic (exact) mass is 270 g/mol. The Morgan fingerprint density at radius 2 is 2.39 bits per heavy atom. The maximum absolute atomic E-state index is 13.2. The summed E-state index contributed by atoms with van der Waals surface area (Å²) in [6, 6.07) is 4.37. The molecule has 0 aliphatic carbocycles. The fourth-order valence-electron chi connectivity index (χ4n) is 2.03. The van der Waals surface area contributed by atoms with Crippen molar-refractivity contribution < 1.29 is 14.2 Å². The van der Waals surface area contributed by atoms with Crippen molar-refractivity contribution in [3.8, 4) is 0 Å². The lowest BCUT2D eigenvalue weighted by Crippen LogP contribution is -2.44. The molecule has 0 bridgehead atoms. The molecule has 18 heavy (non-hydrogen) atoms. The Morgan fingerprint density at radius 3 is 3.06 bits per heavy atom. The van der Waals surface area contributed by atoms with E-state index in [0.717, 1.165) is 5.69 Å². The molecule has 0 amide bonds. The lowest BCUT2D eigenvalue weighted by atomic mass is 10.1. The Morgan fingerprint density at radius 1 is 1.61 bits per heavy atom. The van der Waals surface area contributed by atoms with Crippen molar-refractivity contribution in [2.75, 3.05) is 31.2 Å². The maximum Gasteiger partial charge on any atom is 0.124 e. The summed E-state index contributed by atoms with van der Waals surface area (Å²) in [6.07, 6.45) is -0.233. The SMILES string of the molecule is NC(=S)c1cc(F)ccc1N1CCOC(CO)C1. The minimum atomic E-state index is -0.367. The number of ether oxygens (including phenoxy) is 1. The topological polar surface area (TPSA) is 58.7 Å². The highest BCUT2D eigenvalue weighted by atomic mass is 32.1. The van der Waals surface area contributed by atoms with E-state index in [1.807, 2.05) is 4.90 Å². The zero-order chi connectivity index (χ0) is 13.1. The van der Waals surface area contributed by atoms with Crippen LogP contribution in [0.25, 0.3) is 0 Å². The van der Waals surface area contributed by atoms with Gasteiger partial charge in [-0.3, -0.25) is 0 Å². The molecule has 1 atom stereocenters. The largest absolute Gasteiger partial charge is 0.394 e. The van der Waals surface area contributed by atoms with Crippen LogP contribution in [-0.4, -0.2) is 42.5 Å². The normalized spacial score (nSPS) is 19.9. The molecule has 0 aromatic heterocycles. The summed E-state index contributed by atoms with van der Waals surface area (Å²) in [5, 5.41) is 9.12. The number of thiocarbonyl (C=S) groups is 1.